The Kier molecular flexibility index (Phi) is 5.52. The molecule has 116 valence electrons. The number of β-amino-alcohol motifs (C(OH)–C–C–N with tert-alkyl or cyclic N) is 1. The van der Waals surface area contributed by atoms with Crippen LogP contribution in [-0.4, -0.2) is 71.7 Å². The summed E-state index contributed by atoms with van der Waals surface area (Å²) < 4.78 is 4.99. The Morgan fingerprint density at radius 3 is 2.62 bits per heavy atom. The van der Waals surface area contributed by atoms with E-state index >= 15 is 0 Å². The molecule has 1 fully saturated rings. The number of carbonyl (C=O) groups is 1. The molecular weight excluding hydrogens is 270 g/mol. The lowest BCUT2D eigenvalue weighted by Gasteiger charge is -2.35. The zero-order valence-electron chi connectivity index (χ0n) is 12.7. The highest BCUT2D eigenvalue weighted by atomic mass is 16.5. The van der Waals surface area contributed by atoms with Crippen molar-refractivity contribution in [3.63, 3.8) is 0 Å². The summed E-state index contributed by atoms with van der Waals surface area (Å²) in [6, 6.07) is 3.43. The number of hydrogen-bond donors (Lipinski definition) is 1. The van der Waals surface area contributed by atoms with Crippen LogP contribution in [0.2, 0.25) is 0 Å². The summed E-state index contributed by atoms with van der Waals surface area (Å²) in [6.07, 6.45) is 2.03. The number of hydrogen-bond acceptors (Lipinski definition) is 5. The molecule has 1 aliphatic rings. The lowest BCUT2D eigenvalue weighted by Crippen LogP contribution is -2.50. The number of aliphatic hydroxyl groups is 1. The minimum absolute atomic E-state index is 0.000781. The van der Waals surface area contributed by atoms with Gasteiger partial charge in [0.2, 0.25) is 5.88 Å². The summed E-state index contributed by atoms with van der Waals surface area (Å²) in [5.41, 5.74) is 0.581. The van der Waals surface area contributed by atoms with Crippen molar-refractivity contribution in [3.05, 3.63) is 23.9 Å². The molecule has 2 rings (SSSR count). The van der Waals surface area contributed by atoms with Crippen LogP contribution < -0.4 is 4.74 Å². The van der Waals surface area contributed by atoms with Crippen LogP contribution in [0.3, 0.4) is 0 Å². The predicted molar refractivity (Wildman–Crippen MR) is 79.4 cm³/mol. The molecule has 0 radical (unpaired) electrons. The zero-order valence-corrected chi connectivity index (χ0v) is 12.7. The summed E-state index contributed by atoms with van der Waals surface area (Å²) in [7, 11) is 1.55. The number of aliphatic hydroxyl groups excluding tert-OH is 1. The van der Waals surface area contributed by atoms with Gasteiger partial charge in [0.05, 0.1) is 18.8 Å². The van der Waals surface area contributed by atoms with E-state index in [1.165, 1.54) is 0 Å². The van der Waals surface area contributed by atoms with E-state index in [1.807, 2.05) is 11.8 Å². The third-order valence-electron chi connectivity index (χ3n) is 3.79. The fourth-order valence-electron chi connectivity index (χ4n) is 2.37. The Labute approximate surface area is 125 Å². The van der Waals surface area contributed by atoms with Gasteiger partial charge >= 0.3 is 0 Å². The molecule has 0 aliphatic carbocycles. The van der Waals surface area contributed by atoms with Crippen LogP contribution in [-0.2, 0) is 0 Å². The second-order valence-electron chi connectivity index (χ2n) is 5.24. The fraction of sp³-hybridized carbons (Fsp3) is 0.600. The topological polar surface area (TPSA) is 65.9 Å². The van der Waals surface area contributed by atoms with Crippen molar-refractivity contribution in [3.8, 4) is 5.88 Å². The number of pyridine rings is 1. The molecular formula is C15H23N3O3. The Hall–Kier alpha value is -1.66. The highest BCUT2D eigenvalue weighted by molar-refractivity contribution is 5.94. The number of ether oxygens (including phenoxy) is 1. The molecule has 0 bridgehead atoms. The summed E-state index contributed by atoms with van der Waals surface area (Å²) in [5.74, 6) is 0.505. The van der Waals surface area contributed by atoms with Crippen molar-refractivity contribution in [2.75, 3.05) is 39.8 Å². The molecule has 0 spiro atoms. The summed E-state index contributed by atoms with van der Waals surface area (Å²) in [4.78, 5) is 20.5. The van der Waals surface area contributed by atoms with Crippen molar-refractivity contribution in [1.29, 1.82) is 0 Å². The molecule has 6 heteroatoms. The van der Waals surface area contributed by atoms with Gasteiger partial charge in [-0.2, -0.15) is 0 Å². The highest BCUT2D eigenvalue weighted by Crippen LogP contribution is 2.11. The number of rotatable bonds is 5. The number of carbonyl (C=O) groups excluding carboxylic acids is 1. The van der Waals surface area contributed by atoms with Gasteiger partial charge in [-0.25, -0.2) is 4.98 Å². The van der Waals surface area contributed by atoms with Crippen molar-refractivity contribution in [2.45, 2.75) is 19.4 Å². The van der Waals surface area contributed by atoms with Crippen molar-refractivity contribution in [1.82, 2.24) is 14.8 Å². The maximum atomic E-state index is 12.4. The first-order chi connectivity index (χ1) is 10.1. The van der Waals surface area contributed by atoms with Crippen LogP contribution in [0, 0.1) is 0 Å². The highest BCUT2D eigenvalue weighted by Gasteiger charge is 2.23. The van der Waals surface area contributed by atoms with E-state index in [-0.39, 0.29) is 12.0 Å². The van der Waals surface area contributed by atoms with E-state index in [2.05, 4.69) is 9.88 Å². The first-order valence-corrected chi connectivity index (χ1v) is 7.33. The van der Waals surface area contributed by atoms with Gasteiger partial charge < -0.3 is 14.7 Å². The first-order valence-electron chi connectivity index (χ1n) is 7.33. The van der Waals surface area contributed by atoms with E-state index in [4.69, 9.17) is 4.74 Å². The quantitative estimate of drug-likeness (QED) is 0.862. The van der Waals surface area contributed by atoms with Gasteiger partial charge in [0, 0.05) is 45.0 Å². The zero-order chi connectivity index (χ0) is 15.2. The normalized spacial score (nSPS) is 17.6. The molecule has 21 heavy (non-hydrogen) atoms. The third-order valence-corrected chi connectivity index (χ3v) is 3.79. The molecule has 6 nitrogen and oxygen atoms in total. The smallest absolute Gasteiger partial charge is 0.255 e. The Balaban J connectivity index is 1.87. The lowest BCUT2D eigenvalue weighted by molar-refractivity contribution is 0.0523. The van der Waals surface area contributed by atoms with Gasteiger partial charge in [-0.15, -0.1) is 0 Å². The van der Waals surface area contributed by atoms with E-state index in [1.54, 1.807) is 25.4 Å². The molecule has 2 heterocycles. The van der Waals surface area contributed by atoms with Crippen LogP contribution in [0.5, 0.6) is 5.88 Å². The Bertz CT molecular complexity index is 456. The van der Waals surface area contributed by atoms with Crippen molar-refractivity contribution in [2.24, 2.45) is 0 Å². The van der Waals surface area contributed by atoms with Crippen molar-refractivity contribution < 1.29 is 14.6 Å². The van der Waals surface area contributed by atoms with Crippen LogP contribution in [0.25, 0.3) is 0 Å². The van der Waals surface area contributed by atoms with E-state index in [9.17, 15) is 9.90 Å². The summed E-state index contributed by atoms with van der Waals surface area (Å²) in [5, 5.41) is 9.67. The molecule has 1 atom stereocenters. The molecule has 1 aromatic rings. The summed E-state index contributed by atoms with van der Waals surface area (Å²) in [6.45, 7) is 5.62. The molecule has 0 saturated carbocycles. The summed E-state index contributed by atoms with van der Waals surface area (Å²) >= 11 is 0. The van der Waals surface area contributed by atoms with Gasteiger partial charge in [-0.3, -0.25) is 9.69 Å². The van der Waals surface area contributed by atoms with E-state index < -0.39 is 0 Å². The first kappa shape index (κ1) is 15.7. The van der Waals surface area contributed by atoms with Gasteiger partial charge in [-0.05, 0) is 12.5 Å². The number of piperazine rings is 1. The van der Waals surface area contributed by atoms with Gasteiger partial charge in [0.25, 0.3) is 5.91 Å². The fourth-order valence-corrected chi connectivity index (χ4v) is 2.37. The molecule has 1 N–H and O–H groups in total. The monoisotopic (exact) mass is 293 g/mol. The van der Waals surface area contributed by atoms with Crippen LogP contribution in [0.15, 0.2) is 18.3 Å². The maximum absolute atomic E-state index is 12.4. The lowest BCUT2D eigenvalue weighted by atomic mass is 10.2. The minimum Gasteiger partial charge on any atom is -0.481 e. The molecule has 1 saturated heterocycles. The predicted octanol–water partition coefficient (Wildman–Crippen LogP) is 0.619. The van der Waals surface area contributed by atoms with Crippen molar-refractivity contribution >= 4 is 5.91 Å². The van der Waals surface area contributed by atoms with E-state index in [0.717, 1.165) is 19.5 Å². The molecule has 1 amide bonds. The Morgan fingerprint density at radius 2 is 2.10 bits per heavy atom. The van der Waals surface area contributed by atoms with Crippen LogP contribution in [0.4, 0.5) is 0 Å². The molecule has 1 aliphatic heterocycles. The van der Waals surface area contributed by atoms with Crippen LogP contribution >= 0.6 is 0 Å². The third kappa shape index (κ3) is 4.15. The van der Waals surface area contributed by atoms with Gasteiger partial charge in [0.1, 0.15) is 0 Å². The number of nitrogens with zero attached hydrogens (tertiary/aromatic N) is 3. The largest absolute Gasteiger partial charge is 0.481 e. The second kappa shape index (κ2) is 7.38. The molecule has 0 aromatic carbocycles. The molecule has 1 aromatic heterocycles. The minimum atomic E-state index is -0.280. The standard InChI is InChI=1S/C15H23N3O3/c1-3-13(19)11-17-6-8-18(9-7-17)15(20)12-4-5-14(21-2)16-10-12/h4-5,10,13,19H,3,6-9,11H2,1-2H3. The number of amides is 1. The number of methoxy groups -OCH3 is 1. The van der Waals surface area contributed by atoms with E-state index in [0.29, 0.717) is 31.1 Å². The Morgan fingerprint density at radius 1 is 1.38 bits per heavy atom. The average Bonchev–Trinajstić information content (AvgIpc) is 2.55. The SMILES string of the molecule is CCC(O)CN1CCN(C(=O)c2ccc(OC)nc2)CC1. The second-order valence-corrected chi connectivity index (χ2v) is 5.24. The van der Waals surface area contributed by atoms with Gasteiger partial charge in [0.15, 0.2) is 0 Å². The van der Waals surface area contributed by atoms with Crippen LogP contribution in [0.1, 0.15) is 23.7 Å². The number of aromatic nitrogens is 1. The maximum Gasteiger partial charge on any atom is 0.255 e. The van der Waals surface area contributed by atoms with Gasteiger partial charge in [-0.1, -0.05) is 6.92 Å². The molecule has 1 unspecified atom stereocenters. The average molecular weight is 293 g/mol.